The van der Waals surface area contributed by atoms with E-state index in [1.165, 1.54) is 0 Å². The fourth-order valence-corrected chi connectivity index (χ4v) is 7.09. The standard InChI is InChI=1S/C30H42N8O5/c1-17-28(42)37-16-20-9-3-2-7-18(20)13-24(37)29(43)38-22-11-5-4-8-19(22)14-23(38)27(41)36-21(10-6-12-33-30(31)32)26(40)34-15-25(39)35-17/h2-3,7,9,17,19,21-24H,4-6,8,10-16H2,1H3,(H,34,40)(H,35,39)(H,36,41)(H4,31,32,33)/t17-,19-,21-,22-,23-,24+/m0/s1. The quantitative estimate of drug-likeness (QED) is 0.172. The van der Waals surface area contributed by atoms with Crippen molar-refractivity contribution in [3.8, 4) is 0 Å². The molecule has 3 fully saturated rings. The number of benzene rings is 1. The second-order valence-corrected chi connectivity index (χ2v) is 12.1. The molecule has 1 aromatic carbocycles. The predicted molar refractivity (Wildman–Crippen MR) is 158 cm³/mol. The normalized spacial score (nSPS) is 29.9. The summed E-state index contributed by atoms with van der Waals surface area (Å²) >= 11 is 0. The summed E-state index contributed by atoms with van der Waals surface area (Å²) in [5.74, 6) is -2.06. The first kappa shape index (κ1) is 30.3. The van der Waals surface area contributed by atoms with Gasteiger partial charge in [0.2, 0.25) is 29.5 Å². The van der Waals surface area contributed by atoms with Crippen molar-refractivity contribution in [1.82, 2.24) is 25.8 Å². The van der Waals surface area contributed by atoms with Gasteiger partial charge in [0.05, 0.1) is 6.54 Å². The molecular weight excluding hydrogens is 552 g/mol. The molecule has 5 amide bonds. The van der Waals surface area contributed by atoms with E-state index in [4.69, 9.17) is 11.5 Å². The van der Waals surface area contributed by atoms with Crippen molar-refractivity contribution in [3.63, 3.8) is 0 Å². The topological polar surface area (TPSA) is 192 Å². The Morgan fingerprint density at radius 3 is 2.47 bits per heavy atom. The molecule has 3 aliphatic heterocycles. The van der Waals surface area contributed by atoms with E-state index in [-0.39, 0.29) is 55.8 Å². The van der Waals surface area contributed by atoms with Crippen LogP contribution in [0.4, 0.5) is 0 Å². The van der Waals surface area contributed by atoms with Gasteiger partial charge in [0, 0.05) is 25.6 Å². The lowest BCUT2D eigenvalue weighted by Crippen LogP contribution is -2.61. The molecule has 3 heterocycles. The van der Waals surface area contributed by atoms with Gasteiger partial charge in [0.1, 0.15) is 24.2 Å². The highest BCUT2D eigenvalue weighted by molar-refractivity contribution is 5.97. The van der Waals surface area contributed by atoms with Crippen LogP contribution in [0.3, 0.4) is 0 Å². The van der Waals surface area contributed by atoms with Crippen LogP contribution in [0.15, 0.2) is 29.3 Å². The van der Waals surface area contributed by atoms with Crippen molar-refractivity contribution < 1.29 is 24.0 Å². The van der Waals surface area contributed by atoms with Gasteiger partial charge in [-0.05, 0) is 56.1 Å². The minimum absolute atomic E-state index is 0.0713. The lowest BCUT2D eigenvalue weighted by Gasteiger charge is -2.42. The number of rotatable bonds is 4. The van der Waals surface area contributed by atoms with Crippen LogP contribution in [0.5, 0.6) is 0 Å². The van der Waals surface area contributed by atoms with E-state index < -0.39 is 41.9 Å². The first-order valence-corrected chi connectivity index (χ1v) is 15.3. The van der Waals surface area contributed by atoms with Crippen molar-refractivity contribution >= 4 is 35.5 Å². The third kappa shape index (κ3) is 6.60. The second-order valence-electron chi connectivity index (χ2n) is 12.1. The van der Waals surface area contributed by atoms with Crippen LogP contribution in [0, 0.1) is 5.92 Å². The van der Waals surface area contributed by atoms with Crippen molar-refractivity contribution in [2.24, 2.45) is 22.4 Å². The van der Waals surface area contributed by atoms with E-state index in [0.29, 0.717) is 19.3 Å². The number of nitrogens with two attached hydrogens (primary N) is 2. The number of nitrogens with zero attached hydrogens (tertiary/aromatic N) is 3. The number of carbonyl (C=O) groups is 5. The number of guanidine groups is 1. The molecular formula is C30H42N8O5. The Balaban J connectivity index is 1.50. The van der Waals surface area contributed by atoms with Crippen LogP contribution >= 0.6 is 0 Å². The average Bonchev–Trinajstić information content (AvgIpc) is 3.39. The molecule has 1 aliphatic carbocycles. The van der Waals surface area contributed by atoms with Crippen molar-refractivity contribution in [2.45, 2.75) is 95.0 Å². The number of amides is 5. The minimum atomic E-state index is -0.962. The molecule has 6 atom stereocenters. The molecule has 232 valence electrons. The summed E-state index contributed by atoms with van der Waals surface area (Å²) in [6, 6.07) is 4.11. The van der Waals surface area contributed by atoms with Crippen molar-refractivity contribution in [2.75, 3.05) is 13.1 Å². The highest BCUT2D eigenvalue weighted by atomic mass is 16.2. The number of aliphatic imine (C=N–C) groups is 1. The largest absolute Gasteiger partial charge is 0.370 e. The van der Waals surface area contributed by atoms with E-state index in [2.05, 4.69) is 20.9 Å². The summed E-state index contributed by atoms with van der Waals surface area (Å²) in [4.78, 5) is 75.5. The van der Waals surface area contributed by atoms with E-state index in [1.54, 1.807) is 16.7 Å². The van der Waals surface area contributed by atoms with Crippen LogP contribution in [-0.4, -0.2) is 88.6 Å². The molecule has 0 spiro atoms. The fraction of sp³-hybridized carbons (Fsp3) is 0.600. The van der Waals surface area contributed by atoms with E-state index >= 15 is 0 Å². The van der Waals surface area contributed by atoms with Crippen LogP contribution in [0.25, 0.3) is 0 Å². The van der Waals surface area contributed by atoms with Gasteiger partial charge in [0.15, 0.2) is 5.96 Å². The summed E-state index contributed by atoms with van der Waals surface area (Å²) in [6.45, 7) is 1.69. The maximum absolute atomic E-state index is 14.6. The third-order valence-electron chi connectivity index (χ3n) is 9.21. The second kappa shape index (κ2) is 13.0. The van der Waals surface area contributed by atoms with Crippen molar-refractivity contribution in [1.29, 1.82) is 0 Å². The molecule has 2 saturated heterocycles. The summed E-state index contributed by atoms with van der Waals surface area (Å²) in [5, 5.41) is 8.14. The molecule has 0 unspecified atom stereocenters. The number of nitrogens with one attached hydrogen (secondary N) is 3. The Morgan fingerprint density at radius 1 is 0.953 bits per heavy atom. The average molecular weight is 595 g/mol. The van der Waals surface area contributed by atoms with E-state index in [9.17, 15) is 24.0 Å². The number of hydrogen-bond donors (Lipinski definition) is 5. The maximum Gasteiger partial charge on any atom is 0.246 e. The molecule has 0 radical (unpaired) electrons. The lowest BCUT2D eigenvalue weighted by atomic mass is 9.84. The van der Waals surface area contributed by atoms with Gasteiger partial charge in [0.25, 0.3) is 0 Å². The number of fused-ring (bicyclic) bond motifs is 5. The zero-order valence-electron chi connectivity index (χ0n) is 24.6. The van der Waals surface area contributed by atoms with Crippen LogP contribution in [0.1, 0.15) is 63.0 Å². The van der Waals surface area contributed by atoms with Gasteiger partial charge in [-0.3, -0.25) is 29.0 Å². The third-order valence-corrected chi connectivity index (χ3v) is 9.21. The van der Waals surface area contributed by atoms with Gasteiger partial charge < -0.3 is 37.2 Å². The van der Waals surface area contributed by atoms with E-state index in [0.717, 1.165) is 36.8 Å². The van der Waals surface area contributed by atoms with Crippen LogP contribution in [0.2, 0.25) is 0 Å². The van der Waals surface area contributed by atoms with Gasteiger partial charge in [-0.25, -0.2) is 0 Å². The summed E-state index contributed by atoms with van der Waals surface area (Å²) in [5.41, 5.74) is 12.8. The van der Waals surface area contributed by atoms with Crippen LogP contribution in [-0.2, 0) is 36.9 Å². The van der Waals surface area contributed by atoms with Crippen LogP contribution < -0.4 is 27.4 Å². The smallest absolute Gasteiger partial charge is 0.246 e. The summed E-state index contributed by atoms with van der Waals surface area (Å²) in [7, 11) is 0. The SMILES string of the molecule is C[C@@H]1NC(=O)CNC(=O)[C@H](CCCN=C(N)N)NC(=O)[C@@H]2C[C@@H]3CCCC[C@@H]3N2C(=O)[C@H]2Cc3ccccc3CN2C1=O. The molecule has 7 N–H and O–H groups in total. The van der Waals surface area contributed by atoms with Gasteiger partial charge in [-0.1, -0.05) is 37.1 Å². The Morgan fingerprint density at radius 2 is 1.70 bits per heavy atom. The van der Waals surface area contributed by atoms with Gasteiger partial charge >= 0.3 is 0 Å². The lowest BCUT2D eigenvalue weighted by molar-refractivity contribution is -0.152. The number of hydrogen-bond acceptors (Lipinski definition) is 6. The van der Waals surface area contributed by atoms with Gasteiger partial charge in [-0.2, -0.15) is 0 Å². The molecule has 5 rings (SSSR count). The highest BCUT2D eigenvalue weighted by Gasteiger charge is 2.51. The number of carbonyl (C=O) groups excluding carboxylic acids is 5. The highest BCUT2D eigenvalue weighted by Crippen LogP contribution is 2.41. The first-order chi connectivity index (χ1) is 20.6. The molecule has 0 bridgehead atoms. The maximum atomic E-state index is 14.6. The Hall–Kier alpha value is -4.16. The monoisotopic (exact) mass is 594 g/mol. The molecule has 1 aromatic rings. The summed E-state index contributed by atoms with van der Waals surface area (Å²) in [6.07, 6.45) is 5.14. The zero-order chi connectivity index (χ0) is 30.7. The van der Waals surface area contributed by atoms with Crippen molar-refractivity contribution in [3.05, 3.63) is 35.4 Å². The molecule has 13 nitrogen and oxygen atoms in total. The summed E-state index contributed by atoms with van der Waals surface area (Å²) < 4.78 is 0. The Bertz CT molecular complexity index is 1300. The molecule has 0 aromatic heterocycles. The van der Waals surface area contributed by atoms with Gasteiger partial charge in [-0.15, -0.1) is 0 Å². The minimum Gasteiger partial charge on any atom is -0.370 e. The van der Waals surface area contributed by atoms with E-state index in [1.807, 2.05) is 24.3 Å². The molecule has 13 heteroatoms. The predicted octanol–water partition coefficient (Wildman–Crippen LogP) is -0.727. The Kier molecular flexibility index (Phi) is 9.16. The Labute approximate surface area is 251 Å². The molecule has 4 aliphatic rings. The molecule has 43 heavy (non-hydrogen) atoms. The molecule has 1 saturated carbocycles. The zero-order valence-corrected chi connectivity index (χ0v) is 24.6. The fourth-order valence-electron chi connectivity index (χ4n) is 7.09. The first-order valence-electron chi connectivity index (χ1n) is 15.3.